The van der Waals surface area contributed by atoms with Crippen LogP contribution in [0.25, 0.3) is 0 Å². The second-order valence-corrected chi connectivity index (χ2v) is 8.85. The molecule has 0 saturated heterocycles. The van der Waals surface area contributed by atoms with Crippen LogP contribution in [-0.4, -0.2) is 16.8 Å². The van der Waals surface area contributed by atoms with Gasteiger partial charge in [0.25, 0.3) is 0 Å². The van der Waals surface area contributed by atoms with Crippen molar-refractivity contribution in [2.24, 2.45) is 0 Å². The molecule has 2 N–H and O–H groups in total. The van der Waals surface area contributed by atoms with Crippen LogP contribution in [0.3, 0.4) is 0 Å². The van der Waals surface area contributed by atoms with Crippen LogP contribution in [0.15, 0.2) is 41.5 Å². The van der Waals surface area contributed by atoms with Crippen molar-refractivity contribution in [3.8, 4) is 23.0 Å². The van der Waals surface area contributed by atoms with Crippen molar-refractivity contribution in [2.75, 3.05) is 6.61 Å². The summed E-state index contributed by atoms with van der Waals surface area (Å²) in [7, 11) is 0. The summed E-state index contributed by atoms with van der Waals surface area (Å²) in [6.45, 7) is 10.6. The van der Waals surface area contributed by atoms with E-state index in [1.807, 2.05) is 32.9 Å². The summed E-state index contributed by atoms with van der Waals surface area (Å²) in [5.74, 6) is 2.13. The molecule has 2 aliphatic rings. The zero-order valence-electron chi connectivity index (χ0n) is 18.4. The topological polar surface area (TPSA) is 58.9 Å². The molecule has 2 aliphatic heterocycles. The summed E-state index contributed by atoms with van der Waals surface area (Å²) in [6.07, 6.45) is 5.27. The number of rotatable bonds is 4. The molecule has 2 aromatic carbocycles. The van der Waals surface area contributed by atoms with Gasteiger partial charge < -0.3 is 19.7 Å². The van der Waals surface area contributed by atoms with Crippen LogP contribution in [0.2, 0.25) is 0 Å². The first kappa shape index (κ1) is 20.4. The first-order valence-corrected chi connectivity index (χ1v) is 10.5. The zero-order valence-corrected chi connectivity index (χ0v) is 18.4. The Morgan fingerprint density at radius 2 is 1.63 bits per heavy atom. The number of hydrogen-bond donors (Lipinski definition) is 2. The highest BCUT2D eigenvalue weighted by molar-refractivity contribution is 5.61. The summed E-state index contributed by atoms with van der Waals surface area (Å²) in [4.78, 5) is 0. The molecule has 0 aromatic heterocycles. The summed E-state index contributed by atoms with van der Waals surface area (Å²) in [6, 6.07) is 5.67. The fraction of sp³-hybridized carbons (Fsp3) is 0.385. The molecule has 0 bridgehead atoms. The smallest absolute Gasteiger partial charge is 0.138 e. The maximum atomic E-state index is 10.7. The maximum Gasteiger partial charge on any atom is 0.138 e. The van der Waals surface area contributed by atoms with Crippen LogP contribution in [0, 0.1) is 6.92 Å². The average molecular weight is 407 g/mol. The second-order valence-electron chi connectivity index (χ2n) is 8.85. The Bertz CT molecular complexity index is 1050. The van der Waals surface area contributed by atoms with Gasteiger partial charge in [-0.05, 0) is 71.2 Å². The van der Waals surface area contributed by atoms with Crippen molar-refractivity contribution in [1.82, 2.24) is 0 Å². The Labute approximate surface area is 178 Å². The minimum Gasteiger partial charge on any atom is -0.508 e. The normalized spacial score (nSPS) is 18.4. The van der Waals surface area contributed by atoms with Crippen molar-refractivity contribution in [3.05, 3.63) is 69.3 Å². The minimum absolute atomic E-state index is 0.0677. The van der Waals surface area contributed by atoms with E-state index in [1.54, 1.807) is 6.07 Å². The molecule has 2 aromatic rings. The molecule has 0 saturated carbocycles. The van der Waals surface area contributed by atoms with Crippen LogP contribution in [-0.2, 0) is 12.8 Å². The van der Waals surface area contributed by atoms with Crippen molar-refractivity contribution in [3.63, 3.8) is 0 Å². The fourth-order valence-corrected chi connectivity index (χ4v) is 4.33. The van der Waals surface area contributed by atoms with Crippen LogP contribution >= 0.6 is 0 Å². The molecule has 0 amide bonds. The van der Waals surface area contributed by atoms with Crippen molar-refractivity contribution in [2.45, 2.75) is 59.5 Å². The number of aromatic hydroxyl groups is 2. The Balaban J connectivity index is 1.78. The van der Waals surface area contributed by atoms with Crippen LogP contribution < -0.4 is 9.47 Å². The number of phenolic OH excluding ortho intramolecular Hbond substituents is 2. The number of benzene rings is 2. The molecule has 0 fully saturated rings. The van der Waals surface area contributed by atoms with Gasteiger partial charge in [-0.1, -0.05) is 23.3 Å². The predicted octanol–water partition coefficient (Wildman–Crippen LogP) is 6.03. The number of allylic oxidation sites excluding steroid dienone is 4. The molecule has 0 aliphatic carbocycles. The third-order valence-electron chi connectivity index (χ3n) is 5.99. The lowest BCUT2D eigenvalue weighted by Crippen LogP contribution is -2.24. The van der Waals surface area contributed by atoms with E-state index in [9.17, 15) is 10.2 Å². The molecule has 158 valence electrons. The molecule has 0 spiro atoms. The van der Waals surface area contributed by atoms with Gasteiger partial charge >= 0.3 is 0 Å². The maximum absolute atomic E-state index is 10.7. The van der Waals surface area contributed by atoms with Crippen LogP contribution in [0.4, 0.5) is 0 Å². The van der Waals surface area contributed by atoms with Gasteiger partial charge in [0.05, 0.1) is 12.5 Å². The van der Waals surface area contributed by atoms with E-state index in [2.05, 4.69) is 26.0 Å². The Morgan fingerprint density at radius 1 is 0.967 bits per heavy atom. The SMILES string of the molecule is CC(C)=CCc1c(O)c(C)cc2c1O[C@H]1c3ccc(O)c(CC=C(C)C)c3OC[C@@H]21. The van der Waals surface area contributed by atoms with Crippen molar-refractivity contribution >= 4 is 0 Å². The molecule has 4 rings (SSSR count). The summed E-state index contributed by atoms with van der Waals surface area (Å²) in [5, 5.41) is 21.2. The quantitative estimate of drug-likeness (QED) is 0.608. The highest BCUT2D eigenvalue weighted by atomic mass is 16.5. The highest BCUT2D eigenvalue weighted by Crippen LogP contribution is 2.55. The average Bonchev–Trinajstić information content (AvgIpc) is 3.05. The molecular formula is C26H30O4. The van der Waals surface area contributed by atoms with E-state index in [-0.39, 0.29) is 17.8 Å². The van der Waals surface area contributed by atoms with Gasteiger partial charge in [0.2, 0.25) is 0 Å². The van der Waals surface area contributed by atoms with Crippen molar-refractivity contribution < 1.29 is 19.7 Å². The molecule has 4 heteroatoms. The highest BCUT2D eigenvalue weighted by Gasteiger charge is 2.43. The largest absolute Gasteiger partial charge is 0.508 e. The lowest BCUT2D eigenvalue weighted by molar-refractivity contribution is 0.137. The van der Waals surface area contributed by atoms with Crippen molar-refractivity contribution in [1.29, 1.82) is 0 Å². The molecular weight excluding hydrogens is 376 g/mol. The summed E-state index contributed by atoms with van der Waals surface area (Å²) in [5.41, 5.74) is 6.95. The third-order valence-corrected chi connectivity index (χ3v) is 5.99. The van der Waals surface area contributed by atoms with E-state index >= 15 is 0 Å². The number of hydrogen-bond acceptors (Lipinski definition) is 4. The van der Waals surface area contributed by atoms with E-state index in [4.69, 9.17) is 9.47 Å². The van der Waals surface area contributed by atoms with E-state index < -0.39 is 0 Å². The minimum atomic E-state index is -0.179. The fourth-order valence-electron chi connectivity index (χ4n) is 4.33. The molecule has 0 unspecified atom stereocenters. The van der Waals surface area contributed by atoms with Gasteiger partial charge in [0.1, 0.15) is 29.1 Å². The Morgan fingerprint density at radius 3 is 2.30 bits per heavy atom. The molecule has 2 atom stereocenters. The first-order valence-electron chi connectivity index (χ1n) is 10.5. The monoisotopic (exact) mass is 406 g/mol. The Hall–Kier alpha value is -2.88. The molecule has 0 radical (unpaired) electrons. The van der Waals surface area contributed by atoms with Gasteiger partial charge in [-0.3, -0.25) is 0 Å². The zero-order chi connectivity index (χ0) is 21.6. The van der Waals surface area contributed by atoms with Gasteiger partial charge in [-0.25, -0.2) is 0 Å². The second kappa shape index (κ2) is 7.75. The standard InChI is InChI=1S/C26H30O4/c1-14(2)6-8-17-22(27)11-10-19-24(17)29-13-21-20-12-16(5)23(28)18(9-7-15(3)4)25(20)30-26(19)21/h6-7,10-12,21,26-28H,8-9,13H2,1-5H3/t21-,26-/m0/s1. The summed E-state index contributed by atoms with van der Waals surface area (Å²) >= 11 is 0. The lowest BCUT2D eigenvalue weighted by atomic mass is 9.86. The van der Waals surface area contributed by atoms with Gasteiger partial charge in [0.15, 0.2) is 0 Å². The van der Waals surface area contributed by atoms with Crippen LogP contribution in [0.5, 0.6) is 23.0 Å². The molecule has 30 heavy (non-hydrogen) atoms. The predicted molar refractivity (Wildman–Crippen MR) is 119 cm³/mol. The van der Waals surface area contributed by atoms with Gasteiger partial charge in [-0.15, -0.1) is 0 Å². The molecule has 2 heterocycles. The van der Waals surface area contributed by atoms with Gasteiger partial charge in [-0.2, -0.15) is 0 Å². The number of phenols is 2. The number of ether oxygens (including phenoxy) is 2. The third kappa shape index (κ3) is 3.45. The summed E-state index contributed by atoms with van der Waals surface area (Å²) < 4.78 is 12.7. The van der Waals surface area contributed by atoms with Crippen LogP contribution in [0.1, 0.15) is 67.5 Å². The number of fused-ring (bicyclic) bond motifs is 5. The Kier molecular flexibility index (Phi) is 5.27. The van der Waals surface area contributed by atoms with Gasteiger partial charge in [0, 0.05) is 22.3 Å². The van der Waals surface area contributed by atoms with E-state index in [1.165, 1.54) is 11.1 Å². The first-order chi connectivity index (χ1) is 14.3. The number of aryl methyl sites for hydroxylation is 1. The van der Waals surface area contributed by atoms with E-state index in [0.717, 1.165) is 39.3 Å². The molecule has 4 nitrogen and oxygen atoms in total. The van der Waals surface area contributed by atoms with E-state index in [0.29, 0.717) is 25.2 Å². The lowest BCUT2D eigenvalue weighted by Gasteiger charge is -2.29.